The van der Waals surface area contributed by atoms with Crippen molar-refractivity contribution in [1.29, 1.82) is 0 Å². The molecule has 4 heteroatoms. The van der Waals surface area contributed by atoms with Crippen LogP contribution in [0.25, 0.3) is 0 Å². The first kappa shape index (κ1) is 15.2. The van der Waals surface area contributed by atoms with Crippen molar-refractivity contribution in [2.75, 3.05) is 12.8 Å². The number of hydrogen-bond donors (Lipinski definition) is 1. The molecular weight excluding hydrogens is 246 g/mol. The molecule has 0 aromatic heterocycles. The van der Waals surface area contributed by atoms with Gasteiger partial charge in [-0.05, 0) is 31.0 Å². The fraction of sp³-hybridized carbons (Fsp3) is 0.571. The Bertz CT molecular complexity index is 501. The van der Waals surface area contributed by atoms with E-state index < -0.39 is 9.84 Å². The van der Waals surface area contributed by atoms with Gasteiger partial charge in [0.05, 0.1) is 10.6 Å². The molecule has 0 aliphatic rings. The van der Waals surface area contributed by atoms with E-state index in [1.54, 1.807) is 12.1 Å². The molecule has 0 amide bonds. The molecule has 0 fully saturated rings. The molecule has 3 nitrogen and oxygen atoms in total. The zero-order valence-electron chi connectivity index (χ0n) is 11.8. The second kappa shape index (κ2) is 5.41. The van der Waals surface area contributed by atoms with Crippen LogP contribution in [0.15, 0.2) is 29.2 Å². The number of sulfone groups is 1. The molecule has 1 rings (SSSR count). The third-order valence-corrected chi connectivity index (χ3v) is 5.11. The SMILES string of the molecule is CNC(CS(=O)(=O)c1ccccc1C)C(C)(C)C. The molecule has 1 aromatic carbocycles. The zero-order valence-corrected chi connectivity index (χ0v) is 12.6. The van der Waals surface area contributed by atoms with Crippen LogP contribution < -0.4 is 5.32 Å². The number of aryl methyl sites for hydroxylation is 1. The van der Waals surface area contributed by atoms with Gasteiger partial charge in [0, 0.05) is 6.04 Å². The van der Waals surface area contributed by atoms with Crippen molar-refractivity contribution in [2.24, 2.45) is 5.41 Å². The van der Waals surface area contributed by atoms with Gasteiger partial charge in [0.15, 0.2) is 9.84 Å². The monoisotopic (exact) mass is 269 g/mol. The maximum absolute atomic E-state index is 12.4. The molecule has 0 aliphatic heterocycles. The van der Waals surface area contributed by atoms with Crippen molar-refractivity contribution in [3.05, 3.63) is 29.8 Å². The van der Waals surface area contributed by atoms with Gasteiger partial charge in [-0.15, -0.1) is 0 Å². The average molecular weight is 269 g/mol. The van der Waals surface area contributed by atoms with E-state index in [4.69, 9.17) is 0 Å². The normalized spacial score (nSPS) is 14.5. The molecule has 1 aromatic rings. The van der Waals surface area contributed by atoms with Crippen molar-refractivity contribution in [3.63, 3.8) is 0 Å². The molecule has 0 heterocycles. The third-order valence-electron chi connectivity index (χ3n) is 3.21. The van der Waals surface area contributed by atoms with Crippen LogP contribution >= 0.6 is 0 Å². The van der Waals surface area contributed by atoms with E-state index in [1.165, 1.54) is 0 Å². The summed E-state index contributed by atoms with van der Waals surface area (Å²) >= 11 is 0. The second-order valence-electron chi connectivity index (χ2n) is 5.75. The fourth-order valence-corrected chi connectivity index (χ4v) is 4.11. The van der Waals surface area contributed by atoms with Gasteiger partial charge in [-0.1, -0.05) is 39.0 Å². The molecule has 0 radical (unpaired) electrons. The lowest BCUT2D eigenvalue weighted by molar-refractivity contribution is 0.302. The number of hydrogen-bond acceptors (Lipinski definition) is 3. The van der Waals surface area contributed by atoms with Crippen LogP contribution in [-0.4, -0.2) is 27.3 Å². The molecule has 102 valence electrons. The summed E-state index contributed by atoms with van der Waals surface area (Å²) in [6, 6.07) is 7.07. The Labute approximate surface area is 111 Å². The Kier molecular flexibility index (Phi) is 4.56. The zero-order chi connectivity index (χ0) is 14.0. The van der Waals surface area contributed by atoms with Crippen molar-refractivity contribution in [3.8, 4) is 0 Å². The van der Waals surface area contributed by atoms with Crippen molar-refractivity contribution >= 4 is 9.84 Å². The molecule has 1 atom stereocenters. The first-order valence-electron chi connectivity index (χ1n) is 6.14. The predicted octanol–water partition coefficient (Wildman–Crippen LogP) is 2.40. The summed E-state index contributed by atoms with van der Waals surface area (Å²) in [5.74, 6) is 0.123. The van der Waals surface area contributed by atoms with E-state index >= 15 is 0 Å². The highest BCUT2D eigenvalue weighted by atomic mass is 32.2. The first-order chi connectivity index (χ1) is 8.18. The topological polar surface area (TPSA) is 46.2 Å². The number of nitrogens with one attached hydrogen (secondary N) is 1. The van der Waals surface area contributed by atoms with Crippen LogP contribution in [0.2, 0.25) is 0 Å². The van der Waals surface area contributed by atoms with Gasteiger partial charge >= 0.3 is 0 Å². The number of benzene rings is 1. The molecule has 1 unspecified atom stereocenters. The quantitative estimate of drug-likeness (QED) is 0.913. The van der Waals surface area contributed by atoms with Crippen LogP contribution in [0.1, 0.15) is 26.3 Å². The predicted molar refractivity (Wildman–Crippen MR) is 75.5 cm³/mol. The maximum Gasteiger partial charge on any atom is 0.180 e. The van der Waals surface area contributed by atoms with E-state index in [0.29, 0.717) is 4.90 Å². The highest BCUT2D eigenvalue weighted by Gasteiger charge is 2.29. The summed E-state index contributed by atoms with van der Waals surface area (Å²) in [5, 5.41) is 3.11. The van der Waals surface area contributed by atoms with E-state index in [2.05, 4.69) is 5.32 Å². The average Bonchev–Trinajstić information content (AvgIpc) is 2.24. The summed E-state index contributed by atoms with van der Waals surface area (Å²) in [7, 11) is -1.44. The molecule has 0 spiro atoms. The van der Waals surface area contributed by atoms with E-state index in [-0.39, 0.29) is 17.2 Å². The third kappa shape index (κ3) is 3.56. The van der Waals surface area contributed by atoms with Gasteiger partial charge in [0.1, 0.15) is 0 Å². The smallest absolute Gasteiger partial charge is 0.180 e. The lowest BCUT2D eigenvalue weighted by Crippen LogP contribution is -2.43. The van der Waals surface area contributed by atoms with Gasteiger partial charge in [-0.25, -0.2) is 8.42 Å². The minimum absolute atomic E-state index is 0.0675. The Hall–Kier alpha value is -0.870. The van der Waals surface area contributed by atoms with Gasteiger partial charge in [0.2, 0.25) is 0 Å². The van der Waals surface area contributed by atoms with Gasteiger partial charge in [-0.3, -0.25) is 0 Å². The first-order valence-corrected chi connectivity index (χ1v) is 7.79. The highest BCUT2D eigenvalue weighted by molar-refractivity contribution is 7.91. The Morgan fingerprint density at radius 2 is 1.78 bits per heavy atom. The molecule has 0 aliphatic carbocycles. The summed E-state index contributed by atoms with van der Waals surface area (Å²) in [5.41, 5.74) is 0.714. The Morgan fingerprint density at radius 1 is 1.22 bits per heavy atom. The van der Waals surface area contributed by atoms with Crippen LogP contribution in [0.3, 0.4) is 0 Å². The summed E-state index contributed by atoms with van der Waals surface area (Å²) < 4.78 is 24.9. The van der Waals surface area contributed by atoms with Crippen LogP contribution in [0.4, 0.5) is 0 Å². The minimum atomic E-state index is -3.25. The molecule has 18 heavy (non-hydrogen) atoms. The summed E-state index contributed by atoms with van der Waals surface area (Å²) in [6.07, 6.45) is 0. The number of rotatable bonds is 4. The molecular formula is C14H23NO2S. The highest BCUT2D eigenvalue weighted by Crippen LogP contribution is 2.24. The van der Waals surface area contributed by atoms with Crippen LogP contribution in [0.5, 0.6) is 0 Å². The molecule has 0 bridgehead atoms. The Balaban J connectivity index is 3.06. The van der Waals surface area contributed by atoms with Crippen molar-refractivity contribution < 1.29 is 8.42 Å². The standard InChI is InChI=1S/C14H23NO2S/c1-11-8-6-7-9-12(11)18(16,17)10-13(15-5)14(2,3)4/h6-9,13,15H,10H2,1-5H3. The molecule has 1 N–H and O–H groups in total. The lowest BCUT2D eigenvalue weighted by Gasteiger charge is -2.30. The van der Waals surface area contributed by atoms with Crippen LogP contribution in [-0.2, 0) is 9.84 Å². The van der Waals surface area contributed by atoms with E-state index in [0.717, 1.165) is 5.56 Å². The van der Waals surface area contributed by atoms with Crippen molar-refractivity contribution in [2.45, 2.75) is 38.6 Å². The van der Waals surface area contributed by atoms with Gasteiger partial charge in [0.25, 0.3) is 0 Å². The van der Waals surface area contributed by atoms with Gasteiger partial charge in [-0.2, -0.15) is 0 Å². The summed E-state index contributed by atoms with van der Waals surface area (Å²) in [4.78, 5) is 0.439. The van der Waals surface area contributed by atoms with Gasteiger partial charge < -0.3 is 5.32 Å². The molecule has 0 saturated heterocycles. The minimum Gasteiger partial charge on any atom is -0.315 e. The maximum atomic E-state index is 12.4. The second-order valence-corrected chi connectivity index (χ2v) is 7.76. The molecule has 0 saturated carbocycles. The largest absolute Gasteiger partial charge is 0.315 e. The van der Waals surface area contributed by atoms with Crippen molar-refractivity contribution in [1.82, 2.24) is 5.32 Å². The van der Waals surface area contributed by atoms with E-state index in [1.807, 2.05) is 46.9 Å². The lowest BCUT2D eigenvalue weighted by atomic mass is 9.88. The summed E-state index contributed by atoms with van der Waals surface area (Å²) in [6.45, 7) is 7.96. The van der Waals surface area contributed by atoms with Crippen LogP contribution in [0, 0.1) is 12.3 Å². The Morgan fingerprint density at radius 3 is 2.22 bits per heavy atom. The fourth-order valence-electron chi connectivity index (χ4n) is 1.98. The van der Waals surface area contributed by atoms with E-state index in [9.17, 15) is 8.42 Å².